The van der Waals surface area contributed by atoms with Crippen molar-refractivity contribution in [2.24, 2.45) is 5.10 Å². The molecule has 0 bridgehead atoms. The fraction of sp³-hybridized carbons (Fsp3) is 0.467. The van der Waals surface area contributed by atoms with Crippen molar-refractivity contribution in [2.45, 2.75) is 40.0 Å². The minimum atomic E-state index is -0.234. The number of amides is 1. The molecule has 0 spiro atoms. The minimum absolute atomic E-state index is 0.234. The van der Waals surface area contributed by atoms with E-state index in [0.29, 0.717) is 17.9 Å². The number of para-hydroxylation sites is 1. The lowest BCUT2D eigenvalue weighted by Gasteiger charge is -2.09. The first-order valence-corrected chi connectivity index (χ1v) is 6.74. The first-order chi connectivity index (χ1) is 9.19. The maximum atomic E-state index is 12.0. The molecule has 0 radical (unpaired) electrons. The lowest BCUT2D eigenvalue weighted by molar-refractivity contribution is 0.0950. The Morgan fingerprint density at radius 2 is 2.00 bits per heavy atom. The second kappa shape index (κ2) is 8.29. The summed E-state index contributed by atoms with van der Waals surface area (Å²) >= 11 is 0. The highest BCUT2D eigenvalue weighted by Gasteiger charge is 2.11. The van der Waals surface area contributed by atoms with Crippen LogP contribution in [0.3, 0.4) is 0 Å². The summed E-state index contributed by atoms with van der Waals surface area (Å²) in [7, 11) is 0. The van der Waals surface area contributed by atoms with Gasteiger partial charge < -0.3 is 4.74 Å². The van der Waals surface area contributed by atoms with Crippen LogP contribution >= 0.6 is 0 Å². The van der Waals surface area contributed by atoms with Crippen molar-refractivity contribution < 1.29 is 9.53 Å². The Morgan fingerprint density at radius 3 is 2.68 bits per heavy atom. The van der Waals surface area contributed by atoms with Crippen molar-refractivity contribution in [3.63, 3.8) is 0 Å². The fourth-order valence-corrected chi connectivity index (χ4v) is 1.62. The number of carbonyl (C=O) groups is 1. The maximum Gasteiger partial charge on any atom is 0.275 e. The molecule has 0 aliphatic heterocycles. The Bertz CT molecular complexity index is 442. The van der Waals surface area contributed by atoms with Gasteiger partial charge in [0.25, 0.3) is 5.91 Å². The van der Waals surface area contributed by atoms with E-state index in [1.807, 2.05) is 26.0 Å². The molecule has 4 heteroatoms. The van der Waals surface area contributed by atoms with Crippen molar-refractivity contribution >= 4 is 11.6 Å². The second-order valence-corrected chi connectivity index (χ2v) is 4.38. The van der Waals surface area contributed by atoms with E-state index in [2.05, 4.69) is 17.5 Å². The topological polar surface area (TPSA) is 50.7 Å². The number of carbonyl (C=O) groups excluding carboxylic acids is 1. The largest absolute Gasteiger partial charge is 0.493 e. The molecule has 104 valence electrons. The fourth-order valence-electron chi connectivity index (χ4n) is 1.62. The van der Waals surface area contributed by atoms with Crippen molar-refractivity contribution in [2.75, 3.05) is 6.61 Å². The van der Waals surface area contributed by atoms with Crippen LogP contribution in [-0.4, -0.2) is 18.2 Å². The molecule has 1 aromatic carbocycles. The van der Waals surface area contributed by atoms with E-state index in [9.17, 15) is 4.79 Å². The molecule has 0 unspecified atom stereocenters. The Kier molecular flexibility index (Phi) is 6.64. The summed E-state index contributed by atoms with van der Waals surface area (Å²) in [4.78, 5) is 12.0. The molecule has 1 aromatic rings. The van der Waals surface area contributed by atoms with Gasteiger partial charge in [-0.05, 0) is 31.9 Å². The number of nitrogens with one attached hydrogen (secondary N) is 1. The third-order valence-electron chi connectivity index (χ3n) is 2.55. The van der Waals surface area contributed by atoms with E-state index < -0.39 is 0 Å². The Labute approximate surface area is 114 Å². The lowest BCUT2D eigenvalue weighted by atomic mass is 10.2. The number of hydrogen-bond acceptors (Lipinski definition) is 3. The molecular formula is C15H22N2O2. The summed E-state index contributed by atoms with van der Waals surface area (Å²) < 4.78 is 5.55. The van der Waals surface area contributed by atoms with Crippen LogP contribution in [0.15, 0.2) is 29.4 Å². The highest BCUT2D eigenvalue weighted by molar-refractivity contribution is 5.97. The van der Waals surface area contributed by atoms with E-state index >= 15 is 0 Å². The van der Waals surface area contributed by atoms with Gasteiger partial charge in [0.2, 0.25) is 0 Å². The van der Waals surface area contributed by atoms with Crippen LogP contribution in [-0.2, 0) is 0 Å². The lowest BCUT2D eigenvalue weighted by Crippen LogP contribution is -2.20. The molecule has 0 saturated carbocycles. The van der Waals surface area contributed by atoms with Crippen molar-refractivity contribution in [3.05, 3.63) is 29.8 Å². The highest BCUT2D eigenvalue weighted by Crippen LogP contribution is 2.17. The third kappa shape index (κ3) is 5.12. The molecule has 0 aromatic heterocycles. The number of hydrogen-bond donors (Lipinski definition) is 1. The standard InChI is InChI=1S/C15H22N2O2/c1-4-8-12(3)16-17-15(18)13-9-6-7-10-14(13)19-11-5-2/h6-7,9-10H,4-5,8,11H2,1-3H3,(H,17,18)/b16-12+. The van der Waals surface area contributed by atoms with Gasteiger partial charge in [0.1, 0.15) is 5.75 Å². The molecule has 0 aliphatic rings. The molecule has 0 heterocycles. The summed E-state index contributed by atoms with van der Waals surface area (Å²) in [6.45, 7) is 6.61. The van der Waals surface area contributed by atoms with Crippen molar-refractivity contribution in [1.82, 2.24) is 5.43 Å². The van der Waals surface area contributed by atoms with Crippen LogP contribution in [0.25, 0.3) is 0 Å². The Hall–Kier alpha value is -1.84. The molecular weight excluding hydrogens is 240 g/mol. The maximum absolute atomic E-state index is 12.0. The Balaban J connectivity index is 2.73. The predicted molar refractivity (Wildman–Crippen MR) is 77.7 cm³/mol. The average Bonchev–Trinajstić information content (AvgIpc) is 2.43. The molecule has 1 N–H and O–H groups in total. The molecule has 4 nitrogen and oxygen atoms in total. The number of hydrazone groups is 1. The van der Waals surface area contributed by atoms with Gasteiger partial charge in [-0.3, -0.25) is 4.79 Å². The summed E-state index contributed by atoms with van der Waals surface area (Å²) in [5, 5.41) is 4.07. The van der Waals surface area contributed by atoms with Crippen LogP contribution in [0.4, 0.5) is 0 Å². The van der Waals surface area contributed by atoms with Crippen molar-refractivity contribution in [1.29, 1.82) is 0 Å². The monoisotopic (exact) mass is 262 g/mol. The second-order valence-electron chi connectivity index (χ2n) is 4.38. The van der Waals surface area contributed by atoms with Gasteiger partial charge in [-0.1, -0.05) is 32.4 Å². The number of benzene rings is 1. The van der Waals surface area contributed by atoms with Crippen LogP contribution in [0.1, 0.15) is 50.4 Å². The predicted octanol–water partition coefficient (Wildman–Crippen LogP) is 3.38. The van der Waals surface area contributed by atoms with E-state index in [1.165, 1.54) is 0 Å². The molecule has 0 atom stereocenters. The molecule has 0 fully saturated rings. The van der Waals surface area contributed by atoms with Gasteiger partial charge in [-0.15, -0.1) is 0 Å². The zero-order valence-electron chi connectivity index (χ0n) is 11.9. The normalized spacial score (nSPS) is 11.2. The van der Waals surface area contributed by atoms with Gasteiger partial charge in [0.05, 0.1) is 12.2 Å². The SMILES string of the molecule is CCCOc1ccccc1C(=O)N/N=C(\C)CCC. The van der Waals surface area contributed by atoms with Crippen LogP contribution in [0, 0.1) is 0 Å². The molecule has 1 rings (SSSR count). The summed E-state index contributed by atoms with van der Waals surface area (Å²) in [6.07, 6.45) is 2.80. The number of ether oxygens (including phenoxy) is 1. The smallest absolute Gasteiger partial charge is 0.275 e. The zero-order valence-corrected chi connectivity index (χ0v) is 11.9. The van der Waals surface area contributed by atoms with Gasteiger partial charge in [0, 0.05) is 5.71 Å². The van der Waals surface area contributed by atoms with Gasteiger partial charge in [-0.25, -0.2) is 5.43 Å². The number of rotatable bonds is 7. The van der Waals surface area contributed by atoms with Gasteiger partial charge in [-0.2, -0.15) is 5.10 Å². The minimum Gasteiger partial charge on any atom is -0.493 e. The summed E-state index contributed by atoms with van der Waals surface area (Å²) in [5.41, 5.74) is 4.01. The van der Waals surface area contributed by atoms with Gasteiger partial charge >= 0.3 is 0 Å². The molecule has 19 heavy (non-hydrogen) atoms. The summed E-state index contributed by atoms with van der Waals surface area (Å²) in [6, 6.07) is 7.21. The first-order valence-electron chi connectivity index (χ1n) is 6.74. The van der Waals surface area contributed by atoms with Gasteiger partial charge in [0.15, 0.2) is 0 Å². The molecule has 1 amide bonds. The first kappa shape index (κ1) is 15.2. The summed E-state index contributed by atoms with van der Waals surface area (Å²) in [5.74, 6) is 0.368. The van der Waals surface area contributed by atoms with Crippen LogP contribution in [0.5, 0.6) is 5.75 Å². The zero-order chi connectivity index (χ0) is 14.1. The third-order valence-corrected chi connectivity index (χ3v) is 2.55. The molecule has 0 saturated heterocycles. The van der Waals surface area contributed by atoms with E-state index in [0.717, 1.165) is 25.0 Å². The van der Waals surface area contributed by atoms with E-state index in [-0.39, 0.29) is 5.91 Å². The average molecular weight is 262 g/mol. The quantitative estimate of drug-likeness (QED) is 0.605. The Morgan fingerprint density at radius 1 is 1.26 bits per heavy atom. The molecule has 0 aliphatic carbocycles. The van der Waals surface area contributed by atoms with Crippen LogP contribution < -0.4 is 10.2 Å². The van der Waals surface area contributed by atoms with E-state index in [4.69, 9.17) is 4.74 Å². The van der Waals surface area contributed by atoms with E-state index in [1.54, 1.807) is 12.1 Å². The van der Waals surface area contributed by atoms with Crippen molar-refractivity contribution in [3.8, 4) is 5.75 Å². The highest BCUT2D eigenvalue weighted by atomic mass is 16.5. The number of nitrogens with zero attached hydrogens (tertiary/aromatic N) is 1. The van der Waals surface area contributed by atoms with Crippen LogP contribution in [0.2, 0.25) is 0 Å².